The summed E-state index contributed by atoms with van der Waals surface area (Å²) in [5.74, 6) is 0. The van der Waals surface area contributed by atoms with E-state index in [1.807, 2.05) is 12.1 Å². The second-order valence-electron chi connectivity index (χ2n) is 5.40. The van der Waals surface area contributed by atoms with Crippen molar-refractivity contribution >= 4 is 11.4 Å². The van der Waals surface area contributed by atoms with Gasteiger partial charge in [-0.15, -0.1) is 0 Å². The molecule has 0 radical (unpaired) electrons. The average Bonchev–Trinajstić information content (AvgIpc) is 2.95. The van der Waals surface area contributed by atoms with E-state index >= 15 is 0 Å². The van der Waals surface area contributed by atoms with Crippen LogP contribution in [0, 0.1) is 10.1 Å². The fourth-order valence-electron chi connectivity index (χ4n) is 2.92. The van der Waals surface area contributed by atoms with Crippen LogP contribution in [0.25, 0.3) is 0 Å². The summed E-state index contributed by atoms with van der Waals surface area (Å²) < 4.78 is 0. The molecule has 3 rings (SSSR count). The summed E-state index contributed by atoms with van der Waals surface area (Å²) in [6.07, 6.45) is 4.24. The van der Waals surface area contributed by atoms with Crippen LogP contribution >= 0.6 is 0 Å². The molecule has 0 spiro atoms. The van der Waals surface area contributed by atoms with Crippen molar-refractivity contribution in [2.75, 3.05) is 11.9 Å². The molecule has 21 heavy (non-hydrogen) atoms. The zero-order chi connectivity index (χ0) is 14.7. The Morgan fingerprint density at radius 1 is 1.10 bits per heavy atom. The molecule has 1 aliphatic carbocycles. The summed E-state index contributed by atoms with van der Waals surface area (Å²) in [5, 5.41) is 14.3. The smallest absolute Gasteiger partial charge is 0.272 e. The van der Waals surface area contributed by atoms with Crippen LogP contribution in [0.1, 0.15) is 23.1 Å². The first-order chi connectivity index (χ1) is 10.2. The van der Waals surface area contributed by atoms with E-state index in [0.717, 1.165) is 17.7 Å². The Bertz CT molecular complexity index is 668. The molecule has 0 saturated heterocycles. The number of para-hydroxylation sites is 1. The summed E-state index contributed by atoms with van der Waals surface area (Å²) in [5.41, 5.74) is 4.98. The maximum atomic E-state index is 11.0. The highest BCUT2D eigenvalue weighted by atomic mass is 16.6. The molecule has 2 aromatic carbocycles. The van der Waals surface area contributed by atoms with E-state index in [1.54, 1.807) is 12.1 Å². The topological polar surface area (TPSA) is 55.2 Å². The second kappa shape index (κ2) is 5.95. The van der Waals surface area contributed by atoms with E-state index in [9.17, 15) is 10.1 Å². The van der Waals surface area contributed by atoms with Crippen LogP contribution in [-0.2, 0) is 19.3 Å². The number of benzene rings is 2. The standard InChI is InChI=1S/C17H18N2O2/c20-19(21)17-7-2-1-4-14(17)10-11-18-16-9-8-13-5-3-6-15(13)12-16/h1-2,4,7-9,12,18H,3,5-6,10-11H2. The van der Waals surface area contributed by atoms with Gasteiger partial charge in [0.1, 0.15) is 0 Å². The number of hydrogen-bond donors (Lipinski definition) is 1. The highest BCUT2D eigenvalue weighted by Gasteiger charge is 2.12. The third kappa shape index (κ3) is 3.05. The Morgan fingerprint density at radius 3 is 2.76 bits per heavy atom. The molecule has 0 saturated carbocycles. The highest BCUT2D eigenvalue weighted by Crippen LogP contribution is 2.25. The molecule has 1 aliphatic rings. The van der Waals surface area contributed by atoms with Gasteiger partial charge in [-0.05, 0) is 48.9 Å². The number of aryl methyl sites for hydroxylation is 2. The van der Waals surface area contributed by atoms with Gasteiger partial charge in [0.25, 0.3) is 5.69 Å². The van der Waals surface area contributed by atoms with E-state index in [2.05, 4.69) is 23.5 Å². The Hall–Kier alpha value is -2.36. The van der Waals surface area contributed by atoms with Gasteiger partial charge in [0.15, 0.2) is 0 Å². The van der Waals surface area contributed by atoms with Crippen LogP contribution < -0.4 is 5.32 Å². The molecular formula is C17H18N2O2. The summed E-state index contributed by atoms with van der Waals surface area (Å²) >= 11 is 0. The zero-order valence-corrected chi connectivity index (χ0v) is 11.8. The average molecular weight is 282 g/mol. The number of hydrogen-bond acceptors (Lipinski definition) is 3. The summed E-state index contributed by atoms with van der Waals surface area (Å²) in [6.45, 7) is 0.698. The Labute approximate surface area is 124 Å². The van der Waals surface area contributed by atoms with Gasteiger partial charge in [-0.2, -0.15) is 0 Å². The van der Waals surface area contributed by atoms with E-state index < -0.39 is 0 Å². The molecule has 0 atom stereocenters. The number of rotatable bonds is 5. The van der Waals surface area contributed by atoms with Crippen LogP contribution in [0.5, 0.6) is 0 Å². The zero-order valence-electron chi connectivity index (χ0n) is 11.8. The molecule has 1 N–H and O–H groups in total. The minimum atomic E-state index is -0.315. The lowest BCUT2D eigenvalue weighted by Crippen LogP contribution is -2.06. The van der Waals surface area contributed by atoms with Gasteiger partial charge in [-0.25, -0.2) is 0 Å². The number of nitrogens with zero attached hydrogens (tertiary/aromatic N) is 1. The monoisotopic (exact) mass is 282 g/mol. The fourth-order valence-corrected chi connectivity index (χ4v) is 2.92. The quantitative estimate of drug-likeness (QED) is 0.671. The molecule has 0 aromatic heterocycles. The minimum absolute atomic E-state index is 0.202. The number of fused-ring (bicyclic) bond motifs is 1. The van der Waals surface area contributed by atoms with Gasteiger partial charge in [0.2, 0.25) is 0 Å². The van der Waals surface area contributed by atoms with Crippen molar-refractivity contribution in [3.8, 4) is 0 Å². The first-order valence-corrected chi connectivity index (χ1v) is 7.32. The van der Waals surface area contributed by atoms with Crippen LogP contribution in [0.15, 0.2) is 42.5 Å². The predicted octanol–water partition coefficient (Wildman–Crippen LogP) is 3.74. The van der Waals surface area contributed by atoms with Crippen LogP contribution in [-0.4, -0.2) is 11.5 Å². The van der Waals surface area contributed by atoms with Gasteiger partial charge in [0.05, 0.1) is 4.92 Å². The summed E-state index contributed by atoms with van der Waals surface area (Å²) in [4.78, 5) is 10.7. The van der Waals surface area contributed by atoms with Crippen LogP contribution in [0.4, 0.5) is 11.4 Å². The fraction of sp³-hybridized carbons (Fsp3) is 0.294. The third-order valence-corrected chi connectivity index (χ3v) is 4.01. The molecule has 0 heterocycles. The molecule has 0 fully saturated rings. The Kier molecular flexibility index (Phi) is 3.86. The summed E-state index contributed by atoms with van der Waals surface area (Å²) in [7, 11) is 0. The van der Waals surface area contributed by atoms with E-state index in [0.29, 0.717) is 13.0 Å². The van der Waals surface area contributed by atoms with Crippen molar-refractivity contribution in [2.24, 2.45) is 0 Å². The first kappa shape index (κ1) is 13.6. The van der Waals surface area contributed by atoms with Gasteiger partial charge >= 0.3 is 0 Å². The molecule has 0 bridgehead atoms. The van der Waals surface area contributed by atoms with E-state index in [1.165, 1.54) is 24.0 Å². The third-order valence-electron chi connectivity index (χ3n) is 4.01. The number of nitrogens with one attached hydrogen (secondary N) is 1. The van der Waals surface area contributed by atoms with Crippen molar-refractivity contribution in [3.63, 3.8) is 0 Å². The van der Waals surface area contributed by atoms with Gasteiger partial charge in [-0.1, -0.05) is 24.3 Å². The maximum Gasteiger partial charge on any atom is 0.272 e. The maximum absolute atomic E-state index is 11.0. The normalized spacial score (nSPS) is 13.0. The van der Waals surface area contributed by atoms with Crippen LogP contribution in [0.2, 0.25) is 0 Å². The van der Waals surface area contributed by atoms with E-state index in [4.69, 9.17) is 0 Å². The predicted molar refractivity (Wildman–Crippen MR) is 83.8 cm³/mol. The van der Waals surface area contributed by atoms with Crippen molar-refractivity contribution in [2.45, 2.75) is 25.7 Å². The number of anilines is 1. The van der Waals surface area contributed by atoms with Crippen molar-refractivity contribution in [1.82, 2.24) is 0 Å². The van der Waals surface area contributed by atoms with Crippen molar-refractivity contribution in [1.29, 1.82) is 0 Å². The molecule has 2 aromatic rings. The molecule has 4 nitrogen and oxygen atoms in total. The SMILES string of the molecule is O=[N+]([O-])c1ccccc1CCNc1ccc2c(c1)CCC2. The number of nitro benzene ring substituents is 1. The number of nitro groups is 1. The lowest BCUT2D eigenvalue weighted by atomic mass is 10.1. The molecular weight excluding hydrogens is 264 g/mol. The Balaban J connectivity index is 1.63. The van der Waals surface area contributed by atoms with Gasteiger partial charge in [-0.3, -0.25) is 10.1 Å². The van der Waals surface area contributed by atoms with Crippen LogP contribution in [0.3, 0.4) is 0 Å². The van der Waals surface area contributed by atoms with Gasteiger partial charge < -0.3 is 5.32 Å². The second-order valence-corrected chi connectivity index (χ2v) is 5.40. The lowest BCUT2D eigenvalue weighted by Gasteiger charge is -2.09. The first-order valence-electron chi connectivity index (χ1n) is 7.32. The molecule has 0 aliphatic heterocycles. The molecule has 4 heteroatoms. The van der Waals surface area contributed by atoms with E-state index in [-0.39, 0.29) is 10.6 Å². The lowest BCUT2D eigenvalue weighted by molar-refractivity contribution is -0.385. The molecule has 0 amide bonds. The molecule has 108 valence electrons. The van der Waals surface area contributed by atoms with Crippen molar-refractivity contribution in [3.05, 3.63) is 69.3 Å². The molecule has 0 unspecified atom stereocenters. The highest BCUT2D eigenvalue weighted by molar-refractivity contribution is 5.50. The minimum Gasteiger partial charge on any atom is -0.385 e. The Morgan fingerprint density at radius 2 is 1.90 bits per heavy atom. The summed E-state index contributed by atoms with van der Waals surface area (Å²) in [6, 6.07) is 13.4. The van der Waals surface area contributed by atoms with Crippen molar-refractivity contribution < 1.29 is 4.92 Å². The van der Waals surface area contributed by atoms with Gasteiger partial charge in [0, 0.05) is 23.9 Å². The largest absolute Gasteiger partial charge is 0.385 e.